The third-order valence-corrected chi connectivity index (χ3v) is 5.67. The Hall–Kier alpha value is -2.37. The summed E-state index contributed by atoms with van der Waals surface area (Å²) in [5, 5.41) is 0. The molecule has 1 saturated heterocycles. The third-order valence-electron chi connectivity index (χ3n) is 5.67. The molecule has 3 heterocycles. The second-order valence-electron chi connectivity index (χ2n) is 8.51. The van der Waals surface area contributed by atoms with Crippen LogP contribution in [0.2, 0.25) is 0 Å². The summed E-state index contributed by atoms with van der Waals surface area (Å²) in [6.07, 6.45) is 6.91. The number of nitrogens with two attached hydrogens (primary N) is 2. The smallest absolute Gasteiger partial charge is 0.214 e. The van der Waals surface area contributed by atoms with E-state index in [2.05, 4.69) is 42.6 Å². The fourth-order valence-corrected chi connectivity index (χ4v) is 4.15. The summed E-state index contributed by atoms with van der Waals surface area (Å²) in [6.45, 7) is 9.19. The summed E-state index contributed by atoms with van der Waals surface area (Å²) < 4.78 is 12.0. The number of hydrogen-bond acceptors (Lipinski definition) is 5. The van der Waals surface area contributed by atoms with E-state index in [0.717, 1.165) is 17.7 Å². The van der Waals surface area contributed by atoms with Gasteiger partial charge in [0.15, 0.2) is 0 Å². The lowest BCUT2D eigenvalue weighted by molar-refractivity contribution is 0.555. The normalized spacial score (nSPS) is 25.6. The van der Waals surface area contributed by atoms with Gasteiger partial charge in [-0.05, 0) is 69.2 Å². The summed E-state index contributed by atoms with van der Waals surface area (Å²) in [4.78, 5) is 10.0. The average molecular weight is 402 g/mol. The molecular formula is C23H36FN5. The monoisotopic (exact) mass is 401 g/mol. The Bertz CT molecular complexity index is 718. The van der Waals surface area contributed by atoms with Crippen LogP contribution in [0.5, 0.6) is 0 Å². The molecule has 0 radical (unpaired) electrons. The molecule has 5 nitrogen and oxygen atoms in total. The summed E-state index contributed by atoms with van der Waals surface area (Å²) >= 11 is 0. The molecule has 0 bridgehead atoms. The van der Waals surface area contributed by atoms with E-state index in [4.69, 9.17) is 11.5 Å². The van der Waals surface area contributed by atoms with Crippen molar-refractivity contribution in [2.75, 3.05) is 16.4 Å². The van der Waals surface area contributed by atoms with E-state index in [1.165, 1.54) is 50.3 Å². The standard InChI is InChI=1S/C11H17N3.C7H14.C5H5FN2/c1-8-6-7-9(2)14(8)11-5-3-4-10(12)13-11;1-6-3-4-7(2)5-6;6-4-2-1-3-5(7)8-4/h3-5,8-9H,6-7H2,1-2H3,(H2,12,13);6-7H,3-5H2,1-2H3;1-3H,(H2,7,8). The van der Waals surface area contributed by atoms with Gasteiger partial charge in [0.1, 0.15) is 17.5 Å². The fourth-order valence-electron chi connectivity index (χ4n) is 4.15. The van der Waals surface area contributed by atoms with E-state index in [1.54, 1.807) is 0 Å². The van der Waals surface area contributed by atoms with Crippen molar-refractivity contribution in [1.29, 1.82) is 0 Å². The van der Waals surface area contributed by atoms with Crippen molar-refractivity contribution in [3.8, 4) is 0 Å². The van der Waals surface area contributed by atoms with Gasteiger partial charge in [0.05, 0.1) is 0 Å². The number of halogens is 1. The first-order chi connectivity index (χ1) is 13.8. The number of nitrogen functional groups attached to an aromatic ring is 2. The average Bonchev–Trinajstić information content (AvgIpc) is 3.19. The zero-order chi connectivity index (χ0) is 21.4. The fraction of sp³-hybridized carbons (Fsp3) is 0.565. The van der Waals surface area contributed by atoms with Crippen LogP contribution < -0.4 is 16.4 Å². The van der Waals surface area contributed by atoms with E-state index in [1.807, 2.05) is 18.2 Å². The molecule has 4 atom stereocenters. The molecule has 2 aliphatic rings. The van der Waals surface area contributed by atoms with Crippen molar-refractivity contribution < 1.29 is 4.39 Å². The number of hydrogen-bond donors (Lipinski definition) is 2. The van der Waals surface area contributed by atoms with Crippen LogP contribution in [0.15, 0.2) is 36.4 Å². The molecular weight excluding hydrogens is 365 g/mol. The van der Waals surface area contributed by atoms with Gasteiger partial charge in [-0.1, -0.05) is 38.8 Å². The Morgan fingerprint density at radius 1 is 0.793 bits per heavy atom. The van der Waals surface area contributed by atoms with Crippen LogP contribution in [0, 0.1) is 17.8 Å². The van der Waals surface area contributed by atoms with Gasteiger partial charge < -0.3 is 16.4 Å². The maximum atomic E-state index is 12.0. The van der Waals surface area contributed by atoms with Crippen molar-refractivity contribution in [2.24, 2.45) is 11.8 Å². The van der Waals surface area contributed by atoms with E-state index in [0.29, 0.717) is 17.9 Å². The first kappa shape index (κ1) is 22.9. The Labute approximate surface area is 174 Å². The second kappa shape index (κ2) is 11.0. The van der Waals surface area contributed by atoms with Gasteiger partial charge in [-0.25, -0.2) is 9.97 Å². The Morgan fingerprint density at radius 2 is 1.31 bits per heavy atom. The van der Waals surface area contributed by atoms with Gasteiger partial charge in [0, 0.05) is 12.1 Å². The first-order valence-corrected chi connectivity index (χ1v) is 10.6. The zero-order valence-corrected chi connectivity index (χ0v) is 18.2. The predicted molar refractivity (Wildman–Crippen MR) is 120 cm³/mol. The highest BCUT2D eigenvalue weighted by Gasteiger charge is 2.28. The molecule has 1 aliphatic heterocycles. The van der Waals surface area contributed by atoms with Crippen molar-refractivity contribution in [2.45, 2.75) is 71.9 Å². The quantitative estimate of drug-likeness (QED) is 0.635. The van der Waals surface area contributed by atoms with Crippen LogP contribution >= 0.6 is 0 Å². The minimum absolute atomic E-state index is 0.213. The summed E-state index contributed by atoms with van der Waals surface area (Å²) in [6, 6.07) is 11.3. The lowest BCUT2D eigenvalue weighted by atomic mass is 10.1. The van der Waals surface area contributed by atoms with Gasteiger partial charge in [-0.2, -0.15) is 4.39 Å². The van der Waals surface area contributed by atoms with E-state index < -0.39 is 5.95 Å². The van der Waals surface area contributed by atoms with Crippen LogP contribution in [-0.4, -0.2) is 22.1 Å². The summed E-state index contributed by atoms with van der Waals surface area (Å²) in [7, 11) is 0. The van der Waals surface area contributed by atoms with Crippen LogP contribution in [0.1, 0.15) is 59.8 Å². The maximum absolute atomic E-state index is 12.0. The van der Waals surface area contributed by atoms with E-state index >= 15 is 0 Å². The molecule has 4 N–H and O–H groups in total. The molecule has 160 valence electrons. The number of aromatic nitrogens is 2. The van der Waals surface area contributed by atoms with Crippen LogP contribution in [0.25, 0.3) is 0 Å². The molecule has 0 aromatic carbocycles. The third kappa shape index (κ3) is 7.52. The molecule has 0 amide bonds. The van der Waals surface area contributed by atoms with Crippen molar-refractivity contribution in [3.63, 3.8) is 0 Å². The van der Waals surface area contributed by atoms with Gasteiger partial charge in [-0.3, -0.25) is 0 Å². The van der Waals surface area contributed by atoms with Crippen molar-refractivity contribution >= 4 is 17.5 Å². The van der Waals surface area contributed by atoms with Crippen LogP contribution in [0.3, 0.4) is 0 Å². The molecule has 2 aromatic heterocycles. The predicted octanol–water partition coefficient (Wildman–Crippen LogP) is 5.29. The lowest BCUT2D eigenvalue weighted by Crippen LogP contribution is -2.33. The van der Waals surface area contributed by atoms with Crippen LogP contribution in [0.4, 0.5) is 21.8 Å². The van der Waals surface area contributed by atoms with Crippen molar-refractivity contribution in [1.82, 2.24) is 9.97 Å². The van der Waals surface area contributed by atoms with E-state index in [-0.39, 0.29) is 5.82 Å². The SMILES string of the molecule is CC1CCC(C)C1.CC1CCC(C)N1c1cccc(N)n1.Nc1cccc(F)n1. The maximum Gasteiger partial charge on any atom is 0.214 e. The number of rotatable bonds is 1. The van der Waals surface area contributed by atoms with E-state index in [9.17, 15) is 4.39 Å². The summed E-state index contributed by atoms with van der Waals surface area (Å²) in [5.41, 5.74) is 10.8. The zero-order valence-electron chi connectivity index (χ0n) is 18.2. The molecule has 2 aromatic rings. The second-order valence-corrected chi connectivity index (χ2v) is 8.51. The first-order valence-electron chi connectivity index (χ1n) is 10.6. The van der Waals surface area contributed by atoms with Gasteiger partial charge >= 0.3 is 0 Å². The van der Waals surface area contributed by atoms with Gasteiger partial charge in [0.25, 0.3) is 0 Å². The highest BCUT2D eigenvalue weighted by Crippen LogP contribution is 2.29. The molecule has 1 saturated carbocycles. The largest absolute Gasteiger partial charge is 0.384 e. The van der Waals surface area contributed by atoms with Gasteiger partial charge in [-0.15, -0.1) is 0 Å². The molecule has 2 fully saturated rings. The molecule has 1 aliphatic carbocycles. The Morgan fingerprint density at radius 3 is 1.69 bits per heavy atom. The molecule has 4 unspecified atom stereocenters. The molecule has 0 spiro atoms. The Kier molecular flexibility index (Phi) is 8.68. The van der Waals surface area contributed by atoms with Gasteiger partial charge in [0.2, 0.25) is 5.95 Å². The molecule has 4 rings (SSSR count). The number of nitrogens with zero attached hydrogens (tertiary/aromatic N) is 3. The molecule has 6 heteroatoms. The number of pyridine rings is 2. The summed E-state index contributed by atoms with van der Waals surface area (Å²) in [5.74, 6) is 3.34. The molecule has 29 heavy (non-hydrogen) atoms. The number of anilines is 3. The lowest BCUT2D eigenvalue weighted by Gasteiger charge is -2.27. The van der Waals surface area contributed by atoms with Crippen LogP contribution in [-0.2, 0) is 0 Å². The highest BCUT2D eigenvalue weighted by molar-refractivity contribution is 5.47. The Balaban J connectivity index is 0.000000170. The minimum Gasteiger partial charge on any atom is -0.384 e. The highest BCUT2D eigenvalue weighted by atomic mass is 19.1. The van der Waals surface area contributed by atoms with Crippen molar-refractivity contribution in [3.05, 3.63) is 42.3 Å². The topological polar surface area (TPSA) is 81.1 Å². The minimum atomic E-state index is -0.537.